The van der Waals surface area contributed by atoms with Crippen molar-refractivity contribution in [2.45, 2.75) is 87.9 Å². The second kappa shape index (κ2) is 6.50. The highest BCUT2D eigenvalue weighted by molar-refractivity contribution is 5.64. The zero-order valence-corrected chi connectivity index (χ0v) is 17.5. The van der Waals surface area contributed by atoms with E-state index in [0.29, 0.717) is 32.1 Å². The summed E-state index contributed by atoms with van der Waals surface area (Å²) in [7, 11) is 0. The van der Waals surface area contributed by atoms with Gasteiger partial charge < -0.3 is 24.5 Å². The first-order valence-electron chi connectivity index (χ1n) is 11.4. The quantitative estimate of drug-likeness (QED) is 0.640. The van der Waals surface area contributed by atoms with Crippen LogP contribution in [-0.2, 0) is 4.79 Å². The molecule has 0 aliphatic heterocycles. The molecule has 3 N–H and O–H groups in total. The summed E-state index contributed by atoms with van der Waals surface area (Å²) < 4.78 is 5.12. The molecule has 1 aromatic heterocycles. The largest absolute Gasteiger partial charge is 0.431 e. The highest BCUT2D eigenvalue weighted by Crippen LogP contribution is 2.70. The molecule has 4 aliphatic carbocycles. The van der Waals surface area contributed by atoms with Crippen molar-refractivity contribution < 1.29 is 24.5 Å². The Hall–Kier alpha value is -1.50. The van der Waals surface area contributed by atoms with E-state index in [-0.39, 0.29) is 35.2 Å². The molecule has 0 bridgehead atoms. The molecule has 4 fully saturated rings. The van der Waals surface area contributed by atoms with Crippen molar-refractivity contribution in [1.29, 1.82) is 0 Å². The summed E-state index contributed by atoms with van der Waals surface area (Å²) in [6.45, 7) is 2.14. The van der Waals surface area contributed by atoms with Crippen LogP contribution in [0, 0.1) is 22.7 Å². The third kappa shape index (κ3) is 2.41. The van der Waals surface area contributed by atoms with E-state index >= 15 is 0 Å². The summed E-state index contributed by atoms with van der Waals surface area (Å²) in [5, 5.41) is 33.8. The van der Waals surface area contributed by atoms with Gasteiger partial charge >= 0.3 is 5.63 Å². The molecule has 0 amide bonds. The SMILES string of the molecule is C[C@]12CC[C@H]3C(CC[C@]4(O)C[C@@H](O)CC[C@]34C=O)[C@@]1(O)CCC2c1ccc(=O)oc1. The number of aldehydes is 1. The van der Waals surface area contributed by atoms with Crippen molar-refractivity contribution in [2.75, 3.05) is 0 Å². The van der Waals surface area contributed by atoms with E-state index in [4.69, 9.17) is 4.42 Å². The summed E-state index contributed by atoms with van der Waals surface area (Å²) in [5.41, 5.74) is -2.79. The first-order chi connectivity index (χ1) is 14.2. The Morgan fingerprint density at radius 2 is 1.80 bits per heavy atom. The number of carbonyl (C=O) groups is 1. The van der Waals surface area contributed by atoms with E-state index in [9.17, 15) is 24.9 Å². The molecule has 0 spiro atoms. The van der Waals surface area contributed by atoms with E-state index in [2.05, 4.69) is 6.92 Å². The summed E-state index contributed by atoms with van der Waals surface area (Å²) in [5.74, 6) is -0.0431. The number of hydrogen-bond donors (Lipinski definition) is 3. The molecular weight excluding hydrogens is 384 g/mol. The maximum absolute atomic E-state index is 12.5. The monoisotopic (exact) mass is 416 g/mol. The Labute approximate surface area is 176 Å². The first kappa shape index (κ1) is 20.4. The molecule has 5 rings (SSSR count). The van der Waals surface area contributed by atoms with Crippen molar-refractivity contribution in [1.82, 2.24) is 0 Å². The van der Waals surface area contributed by atoms with Crippen LogP contribution in [0.4, 0.5) is 0 Å². The molecule has 6 nitrogen and oxygen atoms in total. The predicted molar refractivity (Wildman–Crippen MR) is 109 cm³/mol. The lowest BCUT2D eigenvalue weighted by atomic mass is 9.41. The molecular formula is C24H32O6. The number of rotatable bonds is 2. The van der Waals surface area contributed by atoms with Crippen LogP contribution < -0.4 is 5.63 Å². The minimum atomic E-state index is -1.18. The van der Waals surface area contributed by atoms with Crippen LogP contribution in [0.25, 0.3) is 0 Å². The highest BCUT2D eigenvalue weighted by atomic mass is 16.4. The molecule has 8 atom stereocenters. The Morgan fingerprint density at radius 3 is 2.50 bits per heavy atom. The minimum Gasteiger partial charge on any atom is -0.431 e. The molecule has 4 aliphatic rings. The summed E-state index contributed by atoms with van der Waals surface area (Å²) in [6.07, 6.45) is 7.24. The Bertz CT molecular complexity index is 891. The minimum absolute atomic E-state index is 0.0577. The second-order valence-electron chi connectivity index (χ2n) is 10.7. The highest BCUT2D eigenvalue weighted by Gasteiger charge is 2.71. The maximum Gasteiger partial charge on any atom is 0.335 e. The lowest BCUT2D eigenvalue weighted by Gasteiger charge is -2.65. The Kier molecular flexibility index (Phi) is 4.42. The number of aliphatic hydroxyl groups excluding tert-OH is 1. The average Bonchev–Trinajstić information content (AvgIpc) is 2.99. The van der Waals surface area contributed by atoms with Gasteiger partial charge in [0, 0.05) is 17.9 Å². The lowest BCUT2D eigenvalue weighted by molar-refractivity contribution is -0.247. The number of carbonyl (C=O) groups excluding carboxylic acids is 1. The van der Waals surface area contributed by atoms with E-state index in [1.165, 1.54) is 12.3 Å². The van der Waals surface area contributed by atoms with Gasteiger partial charge in [0.05, 0.1) is 29.0 Å². The molecule has 0 radical (unpaired) electrons. The van der Waals surface area contributed by atoms with Gasteiger partial charge in [-0.25, -0.2) is 4.79 Å². The zero-order chi connectivity index (χ0) is 21.4. The van der Waals surface area contributed by atoms with Crippen molar-refractivity contribution in [3.63, 3.8) is 0 Å². The molecule has 164 valence electrons. The topological polar surface area (TPSA) is 108 Å². The van der Waals surface area contributed by atoms with E-state index < -0.39 is 22.7 Å². The number of hydrogen-bond acceptors (Lipinski definition) is 6. The van der Waals surface area contributed by atoms with Gasteiger partial charge in [-0.1, -0.05) is 6.92 Å². The summed E-state index contributed by atoms with van der Waals surface area (Å²) in [4.78, 5) is 23.9. The van der Waals surface area contributed by atoms with Crippen molar-refractivity contribution in [3.8, 4) is 0 Å². The van der Waals surface area contributed by atoms with Gasteiger partial charge in [-0.2, -0.15) is 0 Å². The van der Waals surface area contributed by atoms with Crippen molar-refractivity contribution >= 4 is 6.29 Å². The van der Waals surface area contributed by atoms with Gasteiger partial charge in [0.15, 0.2) is 0 Å². The molecule has 0 aromatic carbocycles. The van der Waals surface area contributed by atoms with Gasteiger partial charge in [-0.15, -0.1) is 0 Å². The normalized spacial score (nSPS) is 50.3. The fourth-order valence-electron chi connectivity index (χ4n) is 8.25. The number of aliphatic hydroxyl groups is 3. The van der Waals surface area contributed by atoms with E-state index in [1.54, 1.807) is 0 Å². The maximum atomic E-state index is 12.5. The molecule has 1 heterocycles. The lowest BCUT2D eigenvalue weighted by Crippen LogP contribution is -2.68. The van der Waals surface area contributed by atoms with Gasteiger partial charge in [0.1, 0.15) is 6.29 Å². The van der Waals surface area contributed by atoms with E-state index in [1.807, 2.05) is 6.07 Å². The molecule has 0 saturated heterocycles. The van der Waals surface area contributed by atoms with Gasteiger partial charge in [0.25, 0.3) is 0 Å². The Balaban J connectivity index is 1.53. The van der Waals surface area contributed by atoms with Crippen molar-refractivity contribution in [3.05, 3.63) is 34.4 Å². The van der Waals surface area contributed by atoms with Crippen LogP contribution in [-0.4, -0.2) is 38.9 Å². The molecule has 1 aromatic rings. The first-order valence-corrected chi connectivity index (χ1v) is 11.4. The average molecular weight is 417 g/mol. The fourth-order valence-corrected chi connectivity index (χ4v) is 8.25. The van der Waals surface area contributed by atoms with Crippen LogP contribution in [0.5, 0.6) is 0 Å². The van der Waals surface area contributed by atoms with Crippen LogP contribution in [0.1, 0.15) is 76.2 Å². The predicted octanol–water partition coefficient (Wildman–Crippen LogP) is 2.54. The smallest absolute Gasteiger partial charge is 0.335 e. The van der Waals surface area contributed by atoms with Crippen LogP contribution in [0.2, 0.25) is 0 Å². The van der Waals surface area contributed by atoms with Gasteiger partial charge in [0.2, 0.25) is 0 Å². The number of fused-ring (bicyclic) bond motifs is 5. The van der Waals surface area contributed by atoms with E-state index in [0.717, 1.165) is 31.1 Å². The fraction of sp³-hybridized carbons (Fsp3) is 0.750. The summed E-state index contributed by atoms with van der Waals surface area (Å²) in [6, 6.07) is 3.26. The third-order valence-electron chi connectivity index (χ3n) is 9.84. The second-order valence-corrected chi connectivity index (χ2v) is 10.7. The molecule has 2 unspecified atom stereocenters. The summed E-state index contributed by atoms with van der Waals surface area (Å²) >= 11 is 0. The van der Waals surface area contributed by atoms with Crippen molar-refractivity contribution in [2.24, 2.45) is 22.7 Å². The van der Waals surface area contributed by atoms with Gasteiger partial charge in [-0.05, 0) is 80.8 Å². The van der Waals surface area contributed by atoms with Crippen LogP contribution in [0.3, 0.4) is 0 Å². The van der Waals surface area contributed by atoms with Crippen LogP contribution >= 0.6 is 0 Å². The molecule has 4 saturated carbocycles. The van der Waals surface area contributed by atoms with Crippen LogP contribution in [0.15, 0.2) is 27.6 Å². The molecule has 30 heavy (non-hydrogen) atoms. The molecule has 6 heteroatoms. The Morgan fingerprint density at radius 1 is 1.03 bits per heavy atom. The van der Waals surface area contributed by atoms with Gasteiger partial charge in [-0.3, -0.25) is 0 Å². The standard InChI is InChI=1S/C24H32O6/c1-21-8-5-18-19(6-10-23(28)12-16(26)4-9-22(18,23)14-25)24(21,29)11-7-17(21)15-2-3-20(27)30-13-15/h2-3,13-14,16-19,26,28-29H,4-12H2,1H3/t16-,17?,18-,19?,21+,22-,23-,24-/m0/s1. The third-order valence-corrected chi connectivity index (χ3v) is 9.84. The zero-order valence-electron chi connectivity index (χ0n) is 17.5.